The molecular formula is C23H31N3O3. The highest BCUT2D eigenvalue weighted by Gasteiger charge is 2.24. The van der Waals surface area contributed by atoms with E-state index >= 15 is 0 Å². The predicted octanol–water partition coefficient (Wildman–Crippen LogP) is 2.54. The summed E-state index contributed by atoms with van der Waals surface area (Å²) in [4.78, 5) is 29.2. The number of aromatic nitrogens is 1. The van der Waals surface area contributed by atoms with Crippen LogP contribution in [0.15, 0.2) is 35.1 Å². The molecule has 0 atom stereocenters. The molecule has 2 heterocycles. The van der Waals surface area contributed by atoms with Crippen molar-refractivity contribution < 1.29 is 9.53 Å². The van der Waals surface area contributed by atoms with E-state index in [9.17, 15) is 9.59 Å². The third kappa shape index (κ3) is 4.88. The highest BCUT2D eigenvalue weighted by atomic mass is 16.5. The fourth-order valence-corrected chi connectivity index (χ4v) is 3.59. The Kier molecular flexibility index (Phi) is 6.75. The Morgan fingerprint density at radius 3 is 2.48 bits per heavy atom. The Balaban J connectivity index is 1.45. The van der Waals surface area contributed by atoms with Gasteiger partial charge in [-0.2, -0.15) is 0 Å². The molecule has 0 aliphatic carbocycles. The van der Waals surface area contributed by atoms with Gasteiger partial charge < -0.3 is 14.2 Å². The Morgan fingerprint density at radius 1 is 1.03 bits per heavy atom. The average Bonchev–Trinajstić information content (AvgIpc) is 2.72. The van der Waals surface area contributed by atoms with Crippen LogP contribution >= 0.6 is 0 Å². The van der Waals surface area contributed by atoms with E-state index in [1.54, 1.807) is 18.0 Å². The highest BCUT2D eigenvalue weighted by molar-refractivity contribution is 5.94. The summed E-state index contributed by atoms with van der Waals surface area (Å²) in [5, 5.41) is 0. The topological polar surface area (TPSA) is 54.8 Å². The number of hydrogen-bond acceptors (Lipinski definition) is 4. The average molecular weight is 398 g/mol. The third-order valence-electron chi connectivity index (χ3n) is 5.88. The summed E-state index contributed by atoms with van der Waals surface area (Å²) >= 11 is 0. The molecule has 29 heavy (non-hydrogen) atoms. The summed E-state index contributed by atoms with van der Waals surface area (Å²) in [5.74, 6) is 0.795. The minimum Gasteiger partial charge on any atom is -0.493 e. The molecular weight excluding hydrogens is 366 g/mol. The van der Waals surface area contributed by atoms with Crippen LogP contribution in [0, 0.1) is 20.8 Å². The number of aryl methyl sites for hydroxylation is 2. The molecule has 156 valence electrons. The maximum absolute atomic E-state index is 12.7. The number of hydrogen-bond donors (Lipinski definition) is 0. The second-order valence-corrected chi connectivity index (χ2v) is 7.79. The van der Waals surface area contributed by atoms with Gasteiger partial charge in [-0.1, -0.05) is 12.1 Å². The maximum atomic E-state index is 12.7. The van der Waals surface area contributed by atoms with Gasteiger partial charge in [-0.3, -0.25) is 14.5 Å². The van der Waals surface area contributed by atoms with E-state index in [4.69, 9.17) is 4.74 Å². The van der Waals surface area contributed by atoms with E-state index < -0.39 is 0 Å². The number of piperazine rings is 1. The van der Waals surface area contributed by atoms with Crippen molar-refractivity contribution in [2.24, 2.45) is 7.05 Å². The van der Waals surface area contributed by atoms with Crippen LogP contribution in [-0.2, 0) is 7.05 Å². The van der Waals surface area contributed by atoms with Gasteiger partial charge in [0.25, 0.3) is 11.5 Å². The van der Waals surface area contributed by atoms with Crippen LogP contribution < -0.4 is 10.3 Å². The minimum atomic E-state index is -0.221. The van der Waals surface area contributed by atoms with Crippen LogP contribution in [0.3, 0.4) is 0 Å². The van der Waals surface area contributed by atoms with Gasteiger partial charge in [0.15, 0.2) is 0 Å². The second kappa shape index (κ2) is 9.27. The van der Waals surface area contributed by atoms with Crippen LogP contribution in [0.2, 0.25) is 0 Å². The molecule has 1 aromatic carbocycles. The normalized spacial score (nSPS) is 14.8. The first-order chi connectivity index (χ1) is 13.9. The minimum absolute atomic E-state index is 0.163. The van der Waals surface area contributed by atoms with Gasteiger partial charge in [-0.15, -0.1) is 0 Å². The van der Waals surface area contributed by atoms with Gasteiger partial charge in [-0.05, 0) is 56.5 Å². The standard InChI is InChI=1S/C23H31N3O3/c1-17-7-5-8-21(19(17)3)29-16-6-11-25-12-14-26(15-13-25)23(28)20-10-9-18(2)24(4)22(20)27/h5,7-10H,6,11-16H2,1-4H3. The molecule has 0 bridgehead atoms. The van der Waals surface area contributed by atoms with Crippen molar-refractivity contribution in [1.29, 1.82) is 0 Å². The van der Waals surface area contributed by atoms with Gasteiger partial charge in [0.05, 0.1) is 6.61 Å². The molecule has 1 aliphatic rings. The van der Waals surface area contributed by atoms with Gasteiger partial charge in [-0.25, -0.2) is 0 Å². The van der Waals surface area contributed by atoms with Crippen LogP contribution in [0.5, 0.6) is 5.75 Å². The van der Waals surface area contributed by atoms with Crippen molar-refractivity contribution >= 4 is 5.91 Å². The van der Waals surface area contributed by atoms with Crippen LogP contribution in [0.25, 0.3) is 0 Å². The Bertz CT molecular complexity index is 927. The van der Waals surface area contributed by atoms with Gasteiger partial charge in [0, 0.05) is 45.5 Å². The van der Waals surface area contributed by atoms with Crippen molar-refractivity contribution in [1.82, 2.24) is 14.4 Å². The zero-order valence-electron chi connectivity index (χ0n) is 17.9. The van der Waals surface area contributed by atoms with E-state index in [0.717, 1.165) is 37.5 Å². The van der Waals surface area contributed by atoms with Crippen LogP contribution in [0.1, 0.15) is 33.6 Å². The van der Waals surface area contributed by atoms with Crippen LogP contribution in [-0.4, -0.2) is 59.6 Å². The molecule has 1 fully saturated rings. The molecule has 0 saturated carbocycles. The molecule has 0 N–H and O–H groups in total. The largest absolute Gasteiger partial charge is 0.493 e. The highest BCUT2D eigenvalue weighted by Crippen LogP contribution is 2.20. The van der Waals surface area contributed by atoms with Crippen molar-refractivity contribution in [2.45, 2.75) is 27.2 Å². The summed E-state index contributed by atoms with van der Waals surface area (Å²) < 4.78 is 7.46. The SMILES string of the molecule is Cc1cccc(OCCCN2CCN(C(=O)c3ccc(C)n(C)c3=O)CC2)c1C. The quantitative estimate of drug-likeness (QED) is 0.703. The summed E-state index contributed by atoms with van der Waals surface area (Å²) in [7, 11) is 1.70. The number of rotatable bonds is 6. The summed E-state index contributed by atoms with van der Waals surface area (Å²) in [6.07, 6.45) is 0.944. The lowest BCUT2D eigenvalue weighted by Crippen LogP contribution is -2.50. The zero-order chi connectivity index (χ0) is 21.0. The molecule has 6 heteroatoms. The van der Waals surface area contributed by atoms with E-state index in [0.29, 0.717) is 19.7 Å². The molecule has 1 aromatic heterocycles. The number of ether oxygens (including phenoxy) is 1. The maximum Gasteiger partial charge on any atom is 0.263 e. The van der Waals surface area contributed by atoms with Crippen LogP contribution in [0.4, 0.5) is 0 Å². The van der Waals surface area contributed by atoms with Crippen molar-refractivity contribution in [3.63, 3.8) is 0 Å². The molecule has 0 spiro atoms. The number of benzene rings is 1. The zero-order valence-corrected chi connectivity index (χ0v) is 17.9. The number of pyridine rings is 1. The molecule has 0 radical (unpaired) electrons. The first kappa shape index (κ1) is 21.1. The number of carbonyl (C=O) groups excluding carboxylic acids is 1. The molecule has 1 aliphatic heterocycles. The first-order valence-electron chi connectivity index (χ1n) is 10.3. The number of nitrogens with zero attached hydrogens (tertiary/aromatic N) is 3. The lowest BCUT2D eigenvalue weighted by molar-refractivity contribution is 0.0628. The molecule has 6 nitrogen and oxygen atoms in total. The molecule has 3 rings (SSSR count). The van der Waals surface area contributed by atoms with Crippen molar-refractivity contribution in [3.05, 3.63) is 63.1 Å². The second-order valence-electron chi connectivity index (χ2n) is 7.79. The fraction of sp³-hybridized carbons (Fsp3) is 0.478. The Morgan fingerprint density at radius 2 is 1.76 bits per heavy atom. The number of amides is 1. The summed E-state index contributed by atoms with van der Waals surface area (Å²) in [6, 6.07) is 9.60. The predicted molar refractivity (Wildman–Crippen MR) is 115 cm³/mol. The molecule has 1 saturated heterocycles. The van der Waals surface area contributed by atoms with Crippen molar-refractivity contribution in [3.8, 4) is 5.75 Å². The lowest BCUT2D eigenvalue weighted by Gasteiger charge is -2.34. The van der Waals surface area contributed by atoms with Gasteiger partial charge >= 0.3 is 0 Å². The smallest absolute Gasteiger partial charge is 0.263 e. The Labute approximate surface area is 172 Å². The van der Waals surface area contributed by atoms with E-state index in [1.165, 1.54) is 15.7 Å². The summed E-state index contributed by atoms with van der Waals surface area (Å²) in [5.41, 5.74) is 3.32. The molecule has 2 aromatic rings. The Hall–Kier alpha value is -2.60. The first-order valence-corrected chi connectivity index (χ1v) is 10.3. The third-order valence-corrected chi connectivity index (χ3v) is 5.88. The fourth-order valence-electron chi connectivity index (χ4n) is 3.59. The molecule has 1 amide bonds. The van der Waals surface area contributed by atoms with E-state index in [2.05, 4.69) is 24.8 Å². The van der Waals surface area contributed by atoms with Crippen molar-refractivity contribution in [2.75, 3.05) is 39.3 Å². The monoisotopic (exact) mass is 397 g/mol. The van der Waals surface area contributed by atoms with E-state index in [1.807, 2.05) is 25.1 Å². The van der Waals surface area contributed by atoms with Gasteiger partial charge in [0.2, 0.25) is 0 Å². The summed E-state index contributed by atoms with van der Waals surface area (Å²) in [6.45, 7) is 10.6. The van der Waals surface area contributed by atoms with E-state index in [-0.39, 0.29) is 17.0 Å². The molecule has 0 unspecified atom stereocenters. The lowest BCUT2D eigenvalue weighted by atomic mass is 10.1. The van der Waals surface area contributed by atoms with Gasteiger partial charge in [0.1, 0.15) is 11.3 Å². The number of carbonyl (C=O) groups is 1.